The van der Waals surface area contributed by atoms with Gasteiger partial charge in [-0.2, -0.15) is 0 Å². The molecule has 3 N–H and O–H groups in total. The van der Waals surface area contributed by atoms with Crippen LogP contribution in [0.25, 0.3) is 0 Å². The maximum absolute atomic E-state index is 13.1. The molecular formula is C91H152O17P2. The molecule has 0 aliphatic rings. The Hall–Kier alpha value is -5.32. The minimum atomic E-state index is -5.01. The number of hydrogen-bond donors (Lipinski definition) is 3. The molecule has 0 aromatic carbocycles. The van der Waals surface area contributed by atoms with E-state index in [9.17, 15) is 43.2 Å². The summed E-state index contributed by atoms with van der Waals surface area (Å²) < 4.78 is 68.7. The van der Waals surface area contributed by atoms with E-state index in [0.29, 0.717) is 32.1 Å². The quantitative estimate of drug-likeness (QED) is 0.0169. The van der Waals surface area contributed by atoms with Crippen molar-refractivity contribution in [1.29, 1.82) is 0 Å². The Morgan fingerprint density at radius 3 is 0.764 bits per heavy atom. The molecule has 0 rings (SSSR count). The molecule has 0 spiro atoms. The van der Waals surface area contributed by atoms with Crippen LogP contribution in [0.4, 0.5) is 0 Å². The van der Waals surface area contributed by atoms with E-state index in [1.54, 1.807) is 0 Å². The molecule has 0 radical (unpaired) electrons. The fraction of sp³-hybridized carbons (Fsp3) is 0.670. The molecule has 17 nitrogen and oxygen atoms in total. The van der Waals surface area contributed by atoms with E-state index in [0.717, 1.165) is 193 Å². The Labute approximate surface area is 668 Å². The number of aliphatic hydroxyl groups is 1. The molecule has 628 valence electrons. The average Bonchev–Trinajstić information content (AvgIpc) is 0.906. The van der Waals surface area contributed by atoms with Crippen molar-refractivity contribution in [2.24, 2.45) is 0 Å². The lowest BCUT2D eigenvalue weighted by Crippen LogP contribution is -2.30. The molecule has 0 amide bonds. The van der Waals surface area contributed by atoms with Gasteiger partial charge in [0.1, 0.15) is 19.3 Å². The van der Waals surface area contributed by atoms with Crippen LogP contribution in [0.5, 0.6) is 0 Å². The lowest BCUT2D eigenvalue weighted by Gasteiger charge is -2.21. The van der Waals surface area contributed by atoms with Crippen LogP contribution in [0.15, 0.2) is 158 Å². The highest BCUT2D eigenvalue weighted by Gasteiger charge is 2.30. The molecule has 0 aliphatic carbocycles. The number of phosphoric ester groups is 2. The van der Waals surface area contributed by atoms with Gasteiger partial charge in [-0.1, -0.05) is 295 Å². The van der Waals surface area contributed by atoms with E-state index in [-0.39, 0.29) is 25.7 Å². The summed E-state index contributed by atoms with van der Waals surface area (Å²) in [6.45, 7) is 4.59. The number of phosphoric acid groups is 2. The highest BCUT2D eigenvalue weighted by Crippen LogP contribution is 2.45. The molecule has 110 heavy (non-hydrogen) atoms. The summed E-state index contributed by atoms with van der Waals surface area (Å²) in [5.74, 6) is -2.29. The van der Waals surface area contributed by atoms with Crippen molar-refractivity contribution in [3.63, 3.8) is 0 Å². The highest BCUT2D eigenvalue weighted by atomic mass is 31.2. The van der Waals surface area contributed by atoms with Crippen molar-refractivity contribution in [3.05, 3.63) is 158 Å². The smallest absolute Gasteiger partial charge is 0.462 e. The molecule has 0 aromatic heterocycles. The lowest BCUT2D eigenvalue weighted by atomic mass is 10.1. The maximum atomic E-state index is 13.1. The first-order valence-corrected chi connectivity index (χ1v) is 45.7. The second kappa shape index (κ2) is 81.7. The van der Waals surface area contributed by atoms with Gasteiger partial charge in [0.25, 0.3) is 0 Å². The van der Waals surface area contributed by atoms with Crippen LogP contribution in [0.2, 0.25) is 0 Å². The standard InChI is InChI=1S/C91H152O17P2/c1-5-9-13-17-21-25-29-33-37-40-42-45-48-51-55-59-63-67-71-75-88(93)101-81-86(107-90(95)77-73-69-65-61-57-53-47-36-32-28-24-20-16-12-8-4)83-105-109(97,98)103-79-85(92)80-104-110(99,100)106-84-87(108-91(96)78-74-70-66-62-58-54-50-44-39-35-31-27-23-19-15-11-7-3)82-102-89(94)76-72-68-64-60-56-52-49-46-43-41-38-34-30-26-22-18-14-10-6-2/h11,15,21-28,33-39,42-43,45-47,50,54,62,66,85-87,92H,5-10,12-14,16-20,29-32,40-41,44,48-49,51-53,55-61,63-65,67-84H2,1-4H3,(H,97,98)(H,99,100)/b15-11-,25-21-,26-22-,27-23-,28-24-,37-33-,38-34-,39-35-,45-42-,46-43-,47-36-,54-50-,66-62-. The molecule has 0 fully saturated rings. The summed E-state index contributed by atoms with van der Waals surface area (Å²) >= 11 is 0. The van der Waals surface area contributed by atoms with Gasteiger partial charge in [-0.25, -0.2) is 9.13 Å². The topological polar surface area (TPSA) is 237 Å². The van der Waals surface area contributed by atoms with Crippen molar-refractivity contribution in [3.8, 4) is 0 Å². The highest BCUT2D eigenvalue weighted by molar-refractivity contribution is 7.47. The molecular weight excluding hydrogens is 1430 g/mol. The number of carbonyl (C=O) groups is 4. The number of aliphatic hydroxyl groups excluding tert-OH is 1. The lowest BCUT2D eigenvalue weighted by molar-refractivity contribution is -0.161. The van der Waals surface area contributed by atoms with E-state index in [4.69, 9.17) is 37.0 Å². The molecule has 0 bridgehead atoms. The fourth-order valence-electron chi connectivity index (χ4n) is 10.9. The van der Waals surface area contributed by atoms with Gasteiger partial charge in [-0.15, -0.1) is 0 Å². The third kappa shape index (κ3) is 80.7. The minimum Gasteiger partial charge on any atom is -0.462 e. The summed E-state index contributed by atoms with van der Waals surface area (Å²) in [6.07, 6.45) is 96.3. The zero-order chi connectivity index (χ0) is 80.3. The van der Waals surface area contributed by atoms with E-state index in [1.807, 2.05) is 12.2 Å². The Morgan fingerprint density at radius 2 is 0.482 bits per heavy atom. The molecule has 5 atom stereocenters. The van der Waals surface area contributed by atoms with Crippen molar-refractivity contribution < 1.29 is 80.2 Å². The van der Waals surface area contributed by atoms with Gasteiger partial charge in [-0.05, 0) is 173 Å². The van der Waals surface area contributed by atoms with Gasteiger partial charge < -0.3 is 33.8 Å². The van der Waals surface area contributed by atoms with Crippen LogP contribution in [0.1, 0.15) is 336 Å². The van der Waals surface area contributed by atoms with Crippen LogP contribution in [-0.2, 0) is 65.4 Å². The molecule has 5 unspecified atom stereocenters. The fourth-order valence-corrected chi connectivity index (χ4v) is 12.5. The second-order valence-corrected chi connectivity index (χ2v) is 30.9. The molecule has 0 aliphatic heterocycles. The van der Waals surface area contributed by atoms with Gasteiger partial charge in [-0.3, -0.25) is 37.3 Å². The summed E-state index contributed by atoms with van der Waals surface area (Å²) in [5.41, 5.74) is 0. The van der Waals surface area contributed by atoms with Crippen molar-refractivity contribution in [2.45, 2.75) is 354 Å². The third-order valence-electron chi connectivity index (χ3n) is 17.4. The van der Waals surface area contributed by atoms with Crippen molar-refractivity contribution >= 4 is 39.5 Å². The number of hydrogen-bond acceptors (Lipinski definition) is 15. The molecule has 0 saturated carbocycles. The molecule has 0 heterocycles. The van der Waals surface area contributed by atoms with Crippen molar-refractivity contribution in [2.75, 3.05) is 39.6 Å². The van der Waals surface area contributed by atoms with Crippen LogP contribution in [-0.4, -0.2) is 96.7 Å². The number of ether oxygens (including phenoxy) is 4. The van der Waals surface area contributed by atoms with Gasteiger partial charge in [0.05, 0.1) is 26.4 Å². The Kier molecular flexibility index (Phi) is 77.7. The van der Waals surface area contributed by atoms with Gasteiger partial charge in [0.15, 0.2) is 12.2 Å². The predicted molar refractivity (Wildman–Crippen MR) is 454 cm³/mol. The predicted octanol–water partition coefficient (Wildman–Crippen LogP) is 25.6. The summed E-state index contributed by atoms with van der Waals surface area (Å²) in [4.78, 5) is 73.2. The van der Waals surface area contributed by atoms with E-state index in [2.05, 4.69) is 174 Å². The minimum absolute atomic E-state index is 0.00842. The molecule has 19 heteroatoms. The van der Waals surface area contributed by atoms with E-state index in [1.165, 1.54) is 57.8 Å². The van der Waals surface area contributed by atoms with E-state index < -0.39 is 97.5 Å². The maximum Gasteiger partial charge on any atom is 0.472 e. The zero-order valence-electron chi connectivity index (χ0n) is 68.9. The van der Waals surface area contributed by atoms with Crippen LogP contribution >= 0.6 is 15.6 Å². The zero-order valence-corrected chi connectivity index (χ0v) is 70.7. The van der Waals surface area contributed by atoms with Crippen molar-refractivity contribution in [1.82, 2.24) is 0 Å². The molecule has 0 saturated heterocycles. The first-order valence-electron chi connectivity index (χ1n) is 42.7. The summed E-state index contributed by atoms with van der Waals surface area (Å²) in [5, 5.41) is 10.7. The summed E-state index contributed by atoms with van der Waals surface area (Å²) in [7, 11) is -10.0. The number of carbonyl (C=O) groups excluding carboxylic acids is 4. The summed E-state index contributed by atoms with van der Waals surface area (Å²) in [6, 6.07) is 0. The van der Waals surface area contributed by atoms with Gasteiger partial charge in [0.2, 0.25) is 0 Å². The van der Waals surface area contributed by atoms with Crippen LogP contribution in [0.3, 0.4) is 0 Å². The average molecular weight is 1580 g/mol. The normalized spacial score (nSPS) is 14.6. The SMILES string of the molecule is CC/C=C\C/C=C\C/C=C\C/C=C\C/C=C\CCCC(=O)OC(COC(=O)CCCCCCCC/C=C\C/C=C\C/C=C\CCCCC)COP(=O)(O)OCC(O)COP(=O)(O)OCC(COC(=O)CCCCCCCC/C=C\C/C=C\C/C=C\CCCCC)OC(=O)CCCCCCC/C=C\C/C=C\CCCCC. The van der Waals surface area contributed by atoms with E-state index >= 15 is 0 Å². The Balaban J connectivity index is 5.46. The number of rotatable bonds is 79. The van der Waals surface area contributed by atoms with Crippen LogP contribution < -0.4 is 0 Å². The van der Waals surface area contributed by atoms with Crippen LogP contribution in [0, 0.1) is 0 Å². The number of unbranched alkanes of at least 4 members (excludes halogenated alkanes) is 27. The number of esters is 4. The molecule has 0 aromatic rings. The monoisotopic (exact) mass is 1580 g/mol. The largest absolute Gasteiger partial charge is 0.472 e. The Morgan fingerprint density at radius 1 is 0.264 bits per heavy atom. The first kappa shape index (κ1) is 105. The van der Waals surface area contributed by atoms with Gasteiger partial charge in [0, 0.05) is 25.7 Å². The second-order valence-electron chi connectivity index (χ2n) is 28.0. The number of allylic oxidation sites excluding steroid dienone is 26. The Bertz CT molecular complexity index is 2700. The third-order valence-corrected chi connectivity index (χ3v) is 19.3. The first-order chi connectivity index (χ1) is 53.7. The van der Waals surface area contributed by atoms with Gasteiger partial charge >= 0.3 is 39.5 Å².